The van der Waals surface area contributed by atoms with E-state index in [4.69, 9.17) is 0 Å². The van der Waals surface area contributed by atoms with Gasteiger partial charge in [0.25, 0.3) is 0 Å². The fourth-order valence-corrected chi connectivity index (χ4v) is 5.58. The normalized spacial score (nSPS) is 17.5. The lowest BCUT2D eigenvalue weighted by molar-refractivity contribution is -0.130. The third-order valence-corrected chi connectivity index (χ3v) is 7.50. The summed E-state index contributed by atoms with van der Waals surface area (Å²) in [6, 6.07) is -1.28. The van der Waals surface area contributed by atoms with Crippen LogP contribution in [0.5, 0.6) is 0 Å². The molecule has 4 N–H and O–H groups in total. The highest BCUT2D eigenvalue weighted by atomic mass is 16.2. The van der Waals surface area contributed by atoms with E-state index in [1.54, 1.807) is 21.0 Å². The molecule has 0 aromatic rings. The number of carbonyl (C=O) groups is 5. The van der Waals surface area contributed by atoms with Crippen molar-refractivity contribution >= 4 is 30.2 Å². The van der Waals surface area contributed by atoms with Gasteiger partial charge < -0.3 is 20.7 Å². The molecule has 5 unspecified atom stereocenters. The molecule has 2 amide bonds. The van der Waals surface area contributed by atoms with Crippen LogP contribution in [-0.4, -0.2) is 62.0 Å². The Kier molecular flexibility index (Phi) is 17.6. The zero-order valence-electron chi connectivity index (χ0n) is 28.0. The van der Waals surface area contributed by atoms with Crippen LogP contribution in [0.25, 0.3) is 0 Å². The number of rotatable bonds is 21. The van der Waals surface area contributed by atoms with Crippen molar-refractivity contribution in [2.75, 3.05) is 14.1 Å². The maximum absolute atomic E-state index is 13.5. The van der Waals surface area contributed by atoms with E-state index in [-0.39, 0.29) is 29.4 Å². The molecule has 0 spiro atoms. The van der Waals surface area contributed by atoms with Crippen LogP contribution in [0.3, 0.4) is 0 Å². The summed E-state index contributed by atoms with van der Waals surface area (Å²) in [6.45, 7) is 17.2. The first kappa shape index (κ1) is 39.4. The van der Waals surface area contributed by atoms with E-state index in [2.05, 4.69) is 35.1 Å². The monoisotopic (exact) mass is 590 g/mol. The molecular weight excluding hydrogens is 532 g/mol. The molecule has 5 atom stereocenters. The lowest BCUT2D eigenvalue weighted by Crippen LogP contribution is -2.64. The van der Waals surface area contributed by atoms with Crippen molar-refractivity contribution in [3.8, 4) is 0 Å². The van der Waals surface area contributed by atoms with E-state index >= 15 is 0 Å². The third kappa shape index (κ3) is 12.7. The van der Waals surface area contributed by atoms with Crippen LogP contribution in [0.1, 0.15) is 101 Å². The van der Waals surface area contributed by atoms with Crippen LogP contribution in [0.4, 0.5) is 0 Å². The zero-order chi connectivity index (χ0) is 32.7. The topological polar surface area (TPSA) is 133 Å². The van der Waals surface area contributed by atoms with Gasteiger partial charge in [-0.2, -0.15) is 0 Å². The first-order chi connectivity index (χ1) is 19.6. The van der Waals surface area contributed by atoms with E-state index in [0.717, 1.165) is 24.7 Å². The maximum atomic E-state index is 13.5. The van der Waals surface area contributed by atoms with Crippen molar-refractivity contribution in [2.45, 2.75) is 119 Å². The molecule has 42 heavy (non-hydrogen) atoms. The summed E-state index contributed by atoms with van der Waals surface area (Å²) < 4.78 is 0. The standard InChI is InChI=1S/C33H58N4O5/c1-12-14-28(34-10)31(42)37-32(9,20-38)36-25(8)29(40)17-27(13-2)33(21-39,18-23(5)6)19-24(7)16-26(15-22(3)4)30(41)35-11/h17,19-23,25-26,28,34,36H,12-16,18H2,1-11H3,(H,35,41)(H,37,42). The number of aldehydes is 2. The van der Waals surface area contributed by atoms with Gasteiger partial charge in [0.05, 0.1) is 17.5 Å². The summed E-state index contributed by atoms with van der Waals surface area (Å²) in [4.78, 5) is 63.7. The van der Waals surface area contributed by atoms with Gasteiger partial charge in [-0.05, 0) is 83.4 Å². The van der Waals surface area contributed by atoms with Gasteiger partial charge >= 0.3 is 0 Å². The van der Waals surface area contributed by atoms with Crippen LogP contribution in [-0.2, 0) is 24.0 Å². The quantitative estimate of drug-likeness (QED) is 0.0679. The highest BCUT2D eigenvalue weighted by Gasteiger charge is 2.35. The number of carbonyl (C=O) groups excluding carboxylic acids is 5. The summed E-state index contributed by atoms with van der Waals surface area (Å²) in [6.07, 6.45) is 8.51. The number of ketones is 1. The second-order valence-corrected chi connectivity index (χ2v) is 12.6. The Bertz CT molecular complexity index is 973. The molecule has 240 valence electrons. The SMILES string of the molecule is CCCC(NC)C(=O)NC(C)(C=O)NC(C)C(=O)C=C(CC)C(C=O)(C=C(C)CC(CC(C)C)C(=O)NC)CC(C)C. The molecule has 0 bridgehead atoms. The second kappa shape index (κ2) is 18.8. The Morgan fingerprint density at radius 2 is 1.52 bits per heavy atom. The first-order valence-corrected chi connectivity index (χ1v) is 15.4. The van der Waals surface area contributed by atoms with Gasteiger partial charge in [-0.1, -0.05) is 59.6 Å². The zero-order valence-corrected chi connectivity index (χ0v) is 28.0. The third-order valence-electron chi connectivity index (χ3n) is 7.50. The Morgan fingerprint density at radius 1 is 0.905 bits per heavy atom. The summed E-state index contributed by atoms with van der Waals surface area (Å²) in [7, 11) is 3.32. The second-order valence-electron chi connectivity index (χ2n) is 12.6. The minimum absolute atomic E-state index is 0.0283. The number of nitrogens with one attached hydrogen (secondary N) is 4. The van der Waals surface area contributed by atoms with Crippen LogP contribution in [0.15, 0.2) is 23.3 Å². The minimum atomic E-state index is -1.46. The molecule has 9 nitrogen and oxygen atoms in total. The van der Waals surface area contributed by atoms with Crippen LogP contribution in [0.2, 0.25) is 0 Å². The molecule has 0 heterocycles. The Hall–Kier alpha value is -2.65. The van der Waals surface area contributed by atoms with Crippen molar-refractivity contribution in [2.24, 2.45) is 23.2 Å². The van der Waals surface area contributed by atoms with Crippen molar-refractivity contribution in [1.29, 1.82) is 0 Å². The average Bonchev–Trinajstić information content (AvgIpc) is 2.92. The number of hydrogen-bond acceptors (Lipinski definition) is 7. The molecular formula is C33H58N4O5. The molecule has 0 aliphatic carbocycles. The van der Waals surface area contributed by atoms with E-state index in [1.165, 1.54) is 13.0 Å². The molecule has 0 aromatic heterocycles. The Balaban J connectivity index is 6.33. The Morgan fingerprint density at radius 3 is 1.95 bits per heavy atom. The first-order valence-electron chi connectivity index (χ1n) is 15.4. The van der Waals surface area contributed by atoms with E-state index in [9.17, 15) is 24.0 Å². The molecule has 0 saturated heterocycles. The summed E-state index contributed by atoms with van der Waals surface area (Å²) in [5, 5.41) is 11.4. The number of likely N-dealkylation sites (N-methyl/N-ethyl adjacent to an activating group) is 1. The molecule has 0 radical (unpaired) electrons. The smallest absolute Gasteiger partial charge is 0.238 e. The van der Waals surface area contributed by atoms with Gasteiger partial charge in [0.1, 0.15) is 11.9 Å². The largest absolute Gasteiger partial charge is 0.359 e. The van der Waals surface area contributed by atoms with Crippen LogP contribution < -0.4 is 21.3 Å². The fourth-order valence-electron chi connectivity index (χ4n) is 5.58. The summed E-state index contributed by atoms with van der Waals surface area (Å²) in [5.41, 5.74) is -0.899. The lowest BCUT2D eigenvalue weighted by Gasteiger charge is -2.32. The number of hydrogen-bond donors (Lipinski definition) is 4. The summed E-state index contributed by atoms with van der Waals surface area (Å²) in [5.74, 6) is -0.401. The predicted octanol–water partition coefficient (Wildman–Crippen LogP) is 4.27. The van der Waals surface area contributed by atoms with Gasteiger partial charge in [-0.15, -0.1) is 0 Å². The molecule has 9 heteroatoms. The minimum Gasteiger partial charge on any atom is -0.359 e. The number of allylic oxidation sites excluding steroid dienone is 3. The average molecular weight is 591 g/mol. The molecule has 0 aromatic carbocycles. The van der Waals surface area contributed by atoms with E-state index in [0.29, 0.717) is 43.5 Å². The Labute approximate surface area is 254 Å². The van der Waals surface area contributed by atoms with E-state index in [1.807, 2.05) is 40.7 Å². The van der Waals surface area contributed by atoms with Crippen LogP contribution >= 0.6 is 0 Å². The van der Waals surface area contributed by atoms with Crippen molar-refractivity contribution in [3.63, 3.8) is 0 Å². The lowest BCUT2D eigenvalue weighted by atomic mass is 9.72. The van der Waals surface area contributed by atoms with Gasteiger partial charge in [0.15, 0.2) is 12.1 Å². The van der Waals surface area contributed by atoms with Gasteiger partial charge in [-0.3, -0.25) is 24.5 Å². The fraction of sp³-hybridized carbons (Fsp3) is 0.727. The summed E-state index contributed by atoms with van der Waals surface area (Å²) >= 11 is 0. The van der Waals surface area contributed by atoms with Crippen molar-refractivity contribution in [3.05, 3.63) is 23.3 Å². The highest BCUT2D eigenvalue weighted by molar-refractivity contribution is 5.96. The molecule has 0 saturated carbocycles. The van der Waals surface area contributed by atoms with Crippen molar-refractivity contribution in [1.82, 2.24) is 21.3 Å². The van der Waals surface area contributed by atoms with Gasteiger partial charge in [0, 0.05) is 13.0 Å². The van der Waals surface area contributed by atoms with Gasteiger partial charge in [0.2, 0.25) is 11.8 Å². The van der Waals surface area contributed by atoms with Crippen LogP contribution in [0, 0.1) is 23.2 Å². The predicted molar refractivity (Wildman–Crippen MR) is 170 cm³/mol. The molecule has 0 aliphatic heterocycles. The van der Waals surface area contributed by atoms with E-state index < -0.39 is 23.2 Å². The van der Waals surface area contributed by atoms with Gasteiger partial charge in [-0.25, -0.2) is 0 Å². The molecule has 0 aliphatic rings. The molecule has 0 fully saturated rings. The number of amides is 2. The molecule has 0 rings (SSSR count). The van der Waals surface area contributed by atoms with Crippen molar-refractivity contribution < 1.29 is 24.0 Å². The highest BCUT2D eigenvalue weighted by Crippen LogP contribution is 2.38. The maximum Gasteiger partial charge on any atom is 0.238 e.